The first kappa shape index (κ1) is 23.9. The molecule has 2 amide bonds. The number of hydrogen-bond donors (Lipinski definition) is 1. The zero-order valence-corrected chi connectivity index (χ0v) is 20.4. The minimum Gasteiger partial charge on any atom is -0.321 e. The van der Waals surface area contributed by atoms with Gasteiger partial charge in [0.2, 0.25) is 5.91 Å². The van der Waals surface area contributed by atoms with Gasteiger partial charge < -0.3 is 5.32 Å². The van der Waals surface area contributed by atoms with Crippen molar-refractivity contribution in [3.63, 3.8) is 0 Å². The van der Waals surface area contributed by atoms with E-state index in [-0.39, 0.29) is 11.5 Å². The molecular formula is C26H19Cl2N3O2S. The summed E-state index contributed by atoms with van der Waals surface area (Å²) < 4.78 is 0. The molecule has 0 aliphatic carbocycles. The molecule has 1 aliphatic rings. The molecule has 0 spiro atoms. The highest BCUT2D eigenvalue weighted by atomic mass is 35.5. The molecule has 4 rings (SSSR count). The van der Waals surface area contributed by atoms with Gasteiger partial charge in [-0.1, -0.05) is 64.8 Å². The van der Waals surface area contributed by atoms with Crippen LogP contribution in [-0.2, 0) is 16.0 Å². The summed E-state index contributed by atoms with van der Waals surface area (Å²) in [6.07, 6.45) is 0.423. The molecule has 1 unspecified atom stereocenters. The number of nitriles is 1. The largest absolute Gasteiger partial charge is 0.321 e. The standard InChI is InChI=1S/C26H19Cl2N3O2S/c1-16-2-10-20(11-3-16)30-24(32)22(15-29)26-31(21-12-8-19(28)9-13-21)25(33)23(34-26)14-17-4-6-18(27)7-5-17/h2-13,23H,14H2,1H3,(H,30,32)/b26-22-. The second kappa shape index (κ2) is 10.4. The summed E-state index contributed by atoms with van der Waals surface area (Å²) in [4.78, 5) is 28.0. The summed E-state index contributed by atoms with van der Waals surface area (Å²) >= 11 is 13.2. The predicted molar refractivity (Wildman–Crippen MR) is 138 cm³/mol. The molecule has 1 atom stereocenters. The van der Waals surface area contributed by atoms with Crippen molar-refractivity contribution in [3.05, 3.63) is 105 Å². The van der Waals surface area contributed by atoms with E-state index in [1.165, 1.54) is 16.7 Å². The van der Waals surface area contributed by atoms with E-state index in [1.54, 1.807) is 48.5 Å². The lowest BCUT2D eigenvalue weighted by Crippen LogP contribution is -2.30. The molecule has 34 heavy (non-hydrogen) atoms. The Bertz CT molecular complexity index is 1300. The van der Waals surface area contributed by atoms with Crippen LogP contribution in [0.25, 0.3) is 0 Å². The highest BCUT2D eigenvalue weighted by molar-refractivity contribution is 8.05. The molecule has 1 fully saturated rings. The lowest BCUT2D eigenvalue weighted by atomic mass is 10.1. The van der Waals surface area contributed by atoms with Crippen molar-refractivity contribution in [1.82, 2.24) is 0 Å². The molecule has 3 aromatic rings. The second-order valence-corrected chi connectivity index (χ2v) is 9.76. The normalized spacial score (nSPS) is 16.8. The van der Waals surface area contributed by atoms with E-state index in [2.05, 4.69) is 5.32 Å². The number of aryl methyl sites for hydroxylation is 1. The Morgan fingerprint density at radius 3 is 2.18 bits per heavy atom. The molecule has 170 valence electrons. The fourth-order valence-corrected chi connectivity index (χ4v) is 5.04. The quantitative estimate of drug-likeness (QED) is 0.321. The highest BCUT2D eigenvalue weighted by Gasteiger charge is 2.40. The van der Waals surface area contributed by atoms with Crippen molar-refractivity contribution in [2.45, 2.75) is 18.6 Å². The third-order valence-corrected chi connectivity index (χ3v) is 7.00. The van der Waals surface area contributed by atoms with Gasteiger partial charge in [-0.2, -0.15) is 5.26 Å². The summed E-state index contributed by atoms with van der Waals surface area (Å²) in [5.41, 5.74) is 2.94. The molecule has 1 N–H and O–H groups in total. The third-order valence-electron chi connectivity index (χ3n) is 5.23. The van der Waals surface area contributed by atoms with Gasteiger partial charge in [0.1, 0.15) is 16.7 Å². The van der Waals surface area contributed by atoms with Crippen molar-refractivity contribution >= 4 is 58.2 Å². The molecule has 0 radical (unpaired) electrons. The maximum absolute atomic E-state index is 13.5. The first-order valence-electron chi connectivity index (χ1n) is 10.4. The predicted octanol–water partition coefficient (Wildman–Crippen LogP) is 6.37. The Balaban J connectivity index is 1.71. The molecule has 8 heteroatoms. The number of carbonyl (C=O) groups is 2. The minimum atomic E-state index is -0.576. The highest BCUT2D eigenvalue weighted by Crippen LogP contribution is 2.42. The average Bonchev–Trinajstić information content (AvgIpc) is 3.13. The summed E-state index contributed by atoms with van der Waals surface area (Å²) in [6, 6.07) is 23.2. The van der Waals surface area contributed by atoms with Crippen molar-refractivity contribution in [3.8, 4) is 6.07 Å². The van der Waals surface area contributed by atoms with Gasteiger partial charge in [0.05, 0.1) is 5.25 Å². The van der Waals surface area contributed by atoms with Crippen molar-refractivity contribution in [1.29, 1.82) is 5.26 Å². The van der Waals surface area contributed by atoms with E-state index in [9.17, 15) is 14.9 Å². The molecule has 1 heterocycles. The van der Waals surface area contributed by atoms with Crippen LogP contribution in [0.15, 0.2) is 83.4 Å². The average molecular weight is 508 g/mol. The second-order valence-electron chi connectivity index (χ2n) is 7.70. The number of hydrogen-bond acceptors (Lipinski definition) is 4. The van der Waals surface area contributed by atoms with E-state index < -0.39 is 11.2 Å². The van der Waals surface area contributed by atoms with Gasteiger partial charge in [0.25, 0.3) is 5.91 Å². The van der Waals surface area contributed by atoms with E-state index in [4.69, 9.17) is 23.2 Å². The Morgan fingerprint density at radius 1 is 1.00 bits per heavy atom. The molecular weight excluding hydrogens is 489 g/mol. The van der Waals surface area contributed by atoms with Gasteiger partial charge in [0.15, 0.2) is 0 Å². The summed E-state index contributed by atoms with van der Waals surface area (Å²) in [5, 5.41) is 13.6. The van der Waals surface area contributed by atoms with Crippen LogP contribution in [0.4, 0.5) is 11.4 Å². The molecule has 0 saturated carbocycles. The number of anilines is 2. The molecule has 0 bridgehead atoms. The van der Waals surface area contributed by atoms with Crippen LogP contribution in [0.5, 0.6) is 0 Å². The van der Waals surface area contributed by atoms with Crippen molar-refractivity contribution in [2.24, 2.45) is 0 Å². The molecule has 1 saturated heterocycles. The Hall–Kier alpha value is -3.24. The summed E-state index contributed by atoms with van der Waals surface area (Å²) in [7, 11) is 0. The van der Waals surface area contributed by atoms with Crippen LogP contribution in [0.2, 0.25) is 10.0 Å². The molecule has 5 nitrogen and oxygen atoms in total. The van der Waals surface area contributed by atoms with Gasteiger partial charge in [-0.3, -0.25) is 14.5 Å². The number of benzene rings is 3. The zero-order chi connectivity index (χ0) is 24.2. The van der Waals surface area contributed by atoms with Gasteiger partial charge in [-0.15, -0.1) is 0 Å². The lowest BCUT2D eigenvalue weighted by molar-refractivity contribution is -0.117. The smallest absolute Gasteiger partial charge is 0.269 e. The Kier molecular flexibility index (Phi) is 7.28. The van der Waals surface area contributed by atoms with Crippen molar-refractivity contribution < 1.29 is 9.59 Å². The van der Waals surface area contributed by atoms with Crippen LogP contribution < -0.4 is 10.2 Å². The minimum absolute atomic E-state index is 0.132. The van der Waals surface area contributed by atoms with E-state index in [1.807, 2.05) is 37.3 Å². The Morgan fingerprint density at radius 2 is 1.59 bits per heavy atom. The molecule has 3 aromatic carbocycles. The Labute approximate surface area is 212 Å². The van der Waals surface area contributed by atoms with Crippen LogP contribution in [0.1, 0.15) is 11.1 Å². The van der Waals surface area contributed by atoms with Gasteiger partial charge in [-0.05, 0) is 67.4 Å². The SMILES string of the molecule is Cc1ccc(NC(=O)/C(C#N)=C2\SC(Cc3ccc(Cl)cc3)C(=O)N2c2ccc(Cl)cc2)cc1. The third kappa shape index (κ3) is 5.28. The monoisotopic (exact) mass is 507 g/mol. The molecule has 1 aliphatic heterocycles. The van der Waals surface area contributed by atoms with Gasteiger partial charge in [0, 0.05) is 21.4 Å². The van der Waals surface area contributed by atoms with Crippen LogP contribution >= 0.6 is 35.0 Å². The summed E-state index contributed by atoms with van der Waals surface area (Å²) in [5.74, 6) is -0.791. The maximum Gasteiger partial charge on any atom is 0.269 e. The van der Waals surface area contributed by atoms with Crippen molar-refractivity contribution in [2.75, 3.05) is 10.2 Å². The number of nitrogens with zero attached hydrogens (tertiary/aromatic N) is 2. The number of thioether (sulfide) groups is 1. The topological polar surface area (TPSA) is 73.2 Å². The lowest BCUT2D eigenvalue weighted by Gasteiger charge is -2.19. The maximum atomic E-state index is 13.5. The van der Waals surface area contributed by atoms with E-state index in [0.717, 1.165) is 11.1 Å². The summed E-state index contributed by atoms with van der Waals surface area (Å²) in [6.45, 7) is 1.94. The first-order chi connectivity index (χ1) is 16.4. The number of halogens is 2. The van der Waals surface area contributed by atoms with E-state index in [0.29, 0.717) is 32.9 Å². The zero-order valence-electron chi connectivity index (χ0n) is 18.1. The van der Waals surface area contributed by atoms with E-state index >= 15 is 0 Å². The first-order valence-corrected chi connectivity index (χ1v) is 12.0. The van der Waals surface area contributed by atoms with Crippen LogP contribution in [-0.4, -0.2) is 17.1 Å². The van der Waals surface area contributed by atoms with Crippen LogP contribution in [0.3, 0.4) is 0 Å². The number of amides is 2. The van der Waals surface area contributed by atoms with Gasteiger partial charge in [-0.25, -0.2) is 0 Å². The number of nitrogens with one attached hydrogen (secondary N) is 1. The fraction of sp³-hybridized carbons (Fsp3) is 0.115. The number of carbonyl (C=O) groups excluding carboxylic acids is 2. The van der Waals surface area contributed by atoms with Crippen LogP contribution in [0, 0.1) is 18.3 Å². The molecule has 0 aromatic heterocycles. The van der Waals surface area contributed by atoms with Gasteiger partial charge >= 0.3 is 0 Å². The number of rotatable bonds is 5. The fourth-order valence-electron chi connectivity index (χ4n) is 3.48.